The minimum atomic E-state index is -0.556. The Hall–Kier alpha value is -3.01. The van der Waals surface area contributed by atoms with Crippen LogP contribution in [0.4, 0.5) is 5.69 Å². The van der Waals surface area contributed by atoms with Gasteiger partial charge in [0, 0.05) is 5.69 Å². The molecule has 0 fully saturated rings. The van der Waals surface area contributed by atoms with Crippen LogP contribution in [-0.2, 0) is 4.79 Å². The van der Waals surface area contributed by atoms with Crippen LogP contribution in [0, 0.1) is 0 Å². The lowest BCUT2D eigenvalue weighted by atomic mass is 10.1. The Kier molecular flexibility index (Phi) is 5.19. The number of rotatable bonds is 6. The Morgan fingerprint density at radius 3 is 2.32 bits per heavy atom. The van der Waals surface area contributed by atoms with Gasteiger partial charge < -0.3 is 14.8 Å². The van der Waals surface area contributed by atoms with Gasteiger partial charge >= 0.3 is 0 Å². The van der Waals surface area contributed by atoms with E-state index in [0.29, 0.717) is 12.2 Å². The molecule has 0 heterocycles. The van der Waals surface area contributed by atoms with Crippen molar-refractivity contribution in [3.63, 3.8) is 0 Å². The molecule has 0 radical (unpaired) electrons. The van der Waals surface area contributed by atoms with E-state index in [0.717, 1.165) is 22.2 Å². The summed E-state index contributed by atoms with van der Waals surface area (Å²) >= 11 is 0. The van der Waals surface area contributed by atoms with Gasteiger partial charge in [0.25, 0.3) is 5.91 Å². The topological polar surface area (TPSA) is 47.6 Å². The van der Waals surface area contributed by atoms with E-state index in [1.807, 2.05) is 61.5 Å². The van der Waals surface area contributed by atoms with Crippen molar-refractivity contribution in [3.8, 4) is 11.5 Å². The van der Waals surface area contributed by atoms with Crippen LogP contribution >= 0.6 is 0 Å². The first-order chi connectivity index (χ1) is 12.2. The zero-order valence-corrected chi connectivity index (χ0v) is 14.4. The van der Waals surface area contributed by atoms with Crippen molar-refractivity contribution in [3.05, 3.63) is 66.7 Å². The van der Waals surface area contributed by atoms with Gasteiger partial charge in [0.15, 0.2) is 6.10 Å². The first-order valence-corrected chi connectivity index (χ1v) is 8.30. The third-order valence-electron chi connectivity index (χ3n) is 4.02. The number of hydrogen-bond acceptors (Lipinski definition) is 3. The number of nitrogens with one attached hydrogen (secondary N) is 1. The highest BCUT2D eigenvalue weighted by atomic mass is 16.5. The molecule has 0 saturated carbocycles. The summed E-state index contributed by atoms with van der Waals surface area (Å²) in [4.78, 5) is 12.5. The summed E-state index contributed by atoms with van der Waals surface area (Å²) in [5.74, 6) is 1.23. The number of carbonyl (C=O) groups excluding carboxylic acids is 1. The molecule has 0 aliphatic rings. The van der Waals surface area contributed by atoms with Gasteiger partial charge in [-0.1, -0.05) is 37.3 Å². The predicted octanol–water partition coefficient (Wildman–Crippen LogP) is 4.64. The predicted molar refractivity (Wildman–Crippen MR) is 100 cm³/mol. The van der Waals surface area contributed by atoms with E-state index in [9.17, 15) is 4.79 Å². The fourth-order valence-corrected chi connectivity index (χ4v) is 2.63. The number of carbonyl (C=O) groups is 1. The van der Waals surface area contributed by atoms with Crippen LogP contribution in [0.1, 0.15) is 13.3 Å². The van der Waals surface area contributed by atoms with Crippen LogP contribution < -0.4 is 14.8 Å². The van der Waals surface area contributed by atoms with Crippen LogP contribution in [0.25, 0.3) is 10.8 Å². The number of fused-ring (bicyclic) bond motifs is 1. The van der Waals surface area contributed by atoms with Gasteiger partial charge in [-0.05, 0) is 53.6 Å². The van der Waals surface area contributed by atoms with Crippen LogP contribution in [-0.4, -0.2) is 19.1 Å². The largest absolute Gasteiger partial charge is 0.497 e. The second-order valence-corrected chi connectivity index (χ2v) is 5.74. The summed E-state index contributed by atoms with van der Waals surface area (Å²) in [6.07, 6.45) is 0.0192. The maximum absolute atomic E-state index is 12.5. The van der Waals surface area contributed by atoms with Gasteiger partial charge in [0.1, 0.15) is 11.5 Å². The number of ether oxygens (including phenoxy) is 2. The minimum absolute atomic E-state index is 0.159. The molecule has 0 unspecified atom stereocenters. The SMILES string of the molecule is CC[C@H](Oc1ccc(OC)cc1)C(=O)Nc1ccc2ccccc2c1. The van der Waals surface area contributed by atoms with Gasteiger partial charge in [-0.3, -0.25) is 4.79 Å². The number of methoxy groups -OCH3 is 1. The third-order valence-corrected chi connectivity index (χ3v) is 4.02. The molecular weight excluding hydrogens is 314 g/mol. The second-order valence-electron chi connectivity index (χ2n) is 5.74. The Bertz CT molecular complexity index is 858. The number of anilines is 1. The Morgan fingerprint density at radius 1 is 0.960 bits per heavy atom. The molecule has 3 aromatic carbocycles. The lowest BCUT2D eigenvalue weighted by molar-refractivity contribution is -0.122. The molecule has 0 bridgehead atoms. The van der Waals surface area contributed by atoms with Crippen LogP contribution in [0.3, 0.4) is 0 Å². The monoisotopic (exact) mass is 335 g/mol. The third kappa shape index (κ3) is 4.10. The Labute approximate surface area is 147 Å². The maximum atomic E-state index is 12.5. The van der Waals surface area contributed by atoms with Gasteiger partial charge in [0.2, 0.25) is 0 Å². The van der Waals surface area contributed by atoms with Crippen LogP contribution in [0.15, 0.2) is 66.7 Å². The lowest BCUT2D eigenvalue weighted by Crippen LogP contribution is -2.32. The number of amides is 1. The smallest absolute Gasteiger partial charge is 0.265 e. The summed E-state index contributed by atoms with van der Waals surface area (Å²) < 4.78 is 10.9. The molecule has 0 aromatic heterocycles. The Balaban J connectivity index is 1.70. The maximum Gasteiger partial charge on any atom is 0.265 e. The summed E-state index contributed by atoms with van der Waals surface area (Å²) in [6.45, 7) is 1.92. The highest BCUT2D eigenvalue weighted by molar-refractivity contribution is 5.96. The average Bonchev–Trinajstić information content (AvgIpc) is 2.66. The molecule has 3 rings (SSSR count). The van der Waals surface area contributed by atoms with Crippen molar-refractivity contribution >= 4 is 22.4 Å². The summed E-state index contributed by atoms with van der Waals surface area (Å²) in [6, 6.07) is 21.1. The molecule has 0 saturated heterocycles. The van der Waals surface area contributed by atoms with Gasteiger partial charge in [-0.15, -0.1) is 0 Å². The van der Waals surface area contributed by atoms with E-state index >= 15 is 0 Å². The van der Waals surface area contributed by atoms with Crippen molar-refractivity contribution in [2.24, 2.45) is 0 Å². The van der Waals surface area contributed by atoms with E-state index in [1.165, 1.54) is 0 Å². The van der Waals surface area contributed by atoms with E-state index in [4.69, 9.17) is 9.47 Å². The summed E-state index contributed by atoms with van der Waals surface area (Å²) in [5, 5.41) is 5.17. The lowest BCUT2D eigenvalue weighted by Gasteiger charge is -2.17. The minimum Gasteiger partial charge on any atom is -0.497 e. The fourth-order valence-electron chi connectivity index (χ4n) is 2.63. The molecule has 128 valence electrons. The first-order valence-electron chi connectivity index (χ1n) is 8.30. The molecule has 0 spiro atoms. The van der Waals surface area contributed by atoms with Crippen molar-refractivity contribution in [2.45, 2.75) is 19.4 Å². The molecule has 1 atom stereocenters. The molecule has 1 amide bonds. The highest BCUT2D eigenvalue weighted by Crippen LogP contribution is 2.21. The molecule has 3 aromatic rings. The number of hydrogen-bond donors (Lipinski definition) is 1. The summed E-state index contributed by atoms with van der Waals surface area (Å²) in [7, 11) is 1.61. The standard InChI is InChI=1S/C21H21NO3/c1-3-20(25-19-12-10-18(24-2)11-13-19)21(23)22-17-9-8-15-6-4-5-7-16(15)14-17/h4-14,20H,3H2,1-2H3,(H,22,23)/t20-/m0/s1. The molecule has 0 aliphatic heterocycles. The van der Waals surface area contributed by atoms with Crippen molar-refractivity contribution < 1.29 is 14.3 Å². The van der Waals surface area contributed by atoms with E-state index in [-0.39, 0.29) is 5.91 Å². The van der Waals surface area contributed by atoms with Gasteiger partial charge in [-0.25, -0.2) is 0 Å². The molecule has 25 heavy (non-hydrogen) atoms. The van der Waals surface area contributed by atoms with E-state index < -0.39 is 6.10 Å². The molecule has 0 aliphatic carbocycles. The van der Waals surface area contributed by atoms with Crippen molar-refractivity contribution in [1.82, 2.24) is 0 Å². The van der Waals surface area contributed by atoms with Crippen LogP contribution in [0.2, 0.25) is 0 Å². The summed E-state index contributed by atoms with van der Waals surface area (Å²) in [5.41, 5.74) is 0.764. The highest BCUT2D eigenvalue weighted by Gasteiger charge is 2.18. The van der Waals surface area contributed by atoms with Gasteiger partial charge in [0.05, 0.1) is 7.11 Å². The normalized spacial score (nSPS) is 11.8. The molecule has 1 N–H and O–H groups in total. The second kappa shape index (κ2) is 7.71. The van der Waals surface area contributed by atoms with Crippen molar-refractivity contribution in [1.29, 1.82) is 0 Å². The van der Waals surface area contributed by atoms with Crippen molar-refractivity contribution in [2.75, 3.05) is 12.4 Å². The zero-order chi connectivity index (χ0) is 17.6. The zero-order valence-electron chi connectivity index (χ0n) is 14.4. The molecule has 4 nitrogen and oxygen atoms in total. The quantitative estimate of drug-likeness (QED) is 0.713. The van der Waals surface area contributed by atoms with E-state index in [1.54, 1.807) is 19.2 Å². The molecular formula is C21H21NO3. The first kappa shape index (κ1) is 16.8. The average molecular weight is 335 g/mol. The van der Waals surface area contributed by atoms with E-state index in [2.05, 4.69) is 5.32 Å². The number of benzene rings is 3. The molecule has 4 heteroatoms. The van der Waals surface area contributed by atoms with Crippen LogP contribution in [0.5, 0.6) is 11.5 Å². The Morgan fingerprint density at radius 2 is 1.64 bits per heavy atom. The van der Waals surface area contributed by atoms with Gasteiger partial charge in [-0.2, -0.15) is 0 Å². The fraction of sp³-hybridized carbons (Fsp3) is 0.190.